The van der Waals surface area contributed by atoms with Crippen molar-refractivity contribution < 1.29 is 31.5 Å². The van der Waals surface area contributed by atoms with Crippen LogP contribution in [0.2, 0.25) is 0 Å². The molecular formula is C42H60N4O7S2. The van der Waals surface area contributed by atoms with Crippen molar-refractivity contribution in [1.29, 1.82) is 0 Å². The van der Waals surface area contributed by atoms with Crippen molar-refractivity contribution in [1.82, 2.24) is 4.83 Å². The Labute approximate surface area is 329 Å². The number of hydrazone groups is 1. The fourth-order valence-electron chi connectivity index (χ4n) is 7.06. The van der Waals surface area contributed by atoms with Crippen LogP contribution in [0.1, 0.15) is 139 Å². The molecule has 0 amide bonds. The number of fused-ring (bicyclic) bond motifs is 1. The molecule has 1 aliphatic rings. The minimum atomic E-state index is -4.30. The summed E-state index contributed by atoms with van der Waals surface area (Å²) in [7, 11) is -6.68. The van der Waals surface area contributed by atoms with Crippen molar-refractivity contribution in [2.45, 2.75) is 139 Å². The highest BCUT2D eigenvalue weighted by molar-refractivity contribution is 7.92. The van der Waals surface area contributed by atoms with Crippen molar-refractivity contribution in [3.8, 4) is 5.75 Å². The summed E-state index contributed by atoms with van der Waals surface area (Å²) in [5.41, 5.74) is 1.06. The van der Waals surface area contributed by atoms with E-state index in [0.29, 0.717) is 12.4 Å². The molecule has 1 aliphatic heterocycles. The fourth-order valence-corrected chi connectivity index (χ4v) is 8.99. The second kappa shape index (κ2) is 20.7. The Hall–Kier alpha value is -4.10. The Morgan fingerprint density at radius 1 is 0.727 bits per heavy atom. The highest BCUT2D eigenvalue weighted by atomic mass is 32.2. The molecule has 4 rings (SSSR count). The van der Waals surface area contributed by atoms with Crippen LogP contribution in [0.15, 0.2) is 81.6 Å². The number of rotatable bonds is 25. The molecule has 0 spiro atoms. The largest absolute Gasteiger partial charge is 0.493 e. The van der Waals surface area contributed by atoms with Gasteiger partial charge in [-0.15, -0.1) is 0 Å². The number of likely N-dealkylation sites (N-methyl/N-ethyl adjacent to an activating group) is 1. The molecule has 3 aromatic carbocycles. The lowest BCUT2D eigenvalue weighted by Crippen LogP contribution is -2.36. The maximum atomic E-state index is 13.4. The van der Waals surface area contributed by atoms with Crippen LogP contribution in [0.4, 0.5) is 11.4 Å². The van der Waals surface area contributed by atoms with Gasteiger partial charge in [0.25, 0.3) is 20.0 Å². The molecule has 0 aliphatic carbocycles. The fraction of sp³-hybridized carbons (Fsp3) is 0.524. The van der Waals surface area contributed by atoms with E-state index in [0.717, 1.165) is 36.6 Å². The molecule has 13 heteroatoms. The molecule has 3 aromatic rings. The minimum Gasteiger partial charge on any atom is -0.493 e. The molecule has 0 saturated heterocycles. The van der Waals surface area contributed by atoms with Gasteiger partial charge in [-0.3, -0.25) is 4.72 Å². The summed E-state index contributed by atoms with van der Waals surface area (Å²) in [5.74, 6) is -0.729. The van der Waals surface area contributed by atoms with Gasteiger partial charge in [0.1, 0.15) is 17.1 Å². The molecule has 0 saturated carbocycles. The van der Waals surface area contributed by atoms with Gasteiger partial charge < -0.3 is 14.7 Å². The Balaban J connectivity index is 1.23. The third-order valence-electron chi connectivity index (χ3n) is 10.2. The normalized spacial score (nSPS) is 14.5. The second-order valence-electron chi connectivity index (χ2n) is 15.0. The molecule has 55 heavy (non-hydrogen) atoms. The summed E-state index contributed by atoms with van der Waals surface area (Å²) in [4.78, 5) is 15.7. The average molecular weight is 797 g/mol. The molecule has 11 nitrogen and oxygen atoms in total. The topological polar surface area (TPSA) is 154 Å². The zero-order valence-corrected chi connectivity index (χ0v) is 34.6. The number of nitrogens with one attached hydrogen (secondary N) is 2. The Morgan fingerprint density at radius 3 is 1.87 bits per heavy atom. The van der Waals surface area contributed by atoms with Crippen molar-refractivity contribution in [2.24, 2.45) is 5.10 Å². The quantitative estimate of drug-likeness (QED) is 0.0566. The molecule has 0 bridgehead atoms. The number of hydrogen-bond donors (Lipinski definition) is 3. The first-order valence-electron chi connectivity index (χ1n) is 19.8. The number of hydrogen-bond acceptors (Lipinski definition) is 7. The van der Waals surface area contributed by atoms with Crippen LogP contribution in [0.25, 0.3) is 0 Å². The minimum absolute atomic E-state index is 0.0260. The predicted molar refractivity (Wildman–Crippen MR) is 221 cm³/mol. The molecule has 0 fully saturated rings. The van der Waals surface area contributed by atoms with E-state index in [1.54, 1.807) is 0 Å². The lowest BCUT2D eigenvalue weighted by atomic mass is 9.86. The molecule has 0 atom stereocenters. The van der Waals surface area contributed by atoms with Gasteiger partial charge >= 0.3 is 5.97 Å². The summed E-state index contributed by atoms with van der Waals surface area (Å²) >= 11 is 0. The summed E-state index contributed by atoms with van der Waals surface area (Å²) in [6.45, 7) is 6.48. The lowest BCUT2D eigenvalue weighted by molar-refractivity contribution is 0.0691. The van der Waals surface area contributed by atoms with E-state index in [2.05, 4.69) is 21.6 Å². The zero-order valence-electron chi connectivity index (χ0n) is 33.0. The number of nitrogens with zero attached hydrogens (tertiary/aromatic N) is 2. The number of para-hydroxylation sites is 1. The second-order valence-corrected chi connectivity index (χ2v) is 18.3. The molecule has 0 unspecified atom stereocenters. The highest BCUT2D eigenvalue weighted by Crippen LogP contribution is 2.41. The van der Waals surface area contributed by atoms with Crippen molar-refractivity contribution >= 4 is 43.2 Å². The number of carboxylic acids is 1. The van der Waals surface area contributed by atoms with Crippen LogP contribution in [0, 0.1) is 0 Å². The number of carbonyl (C=O) groups is 1. The van der Waals surface area contributed by atoms with E-state index in [1.807, 2.05) is 50.1 Å². The summed E-state index contributed by atoms with van der Waals surface area (Å²) in [6.07, 6.45) is 20.0. The zero-order chi connectivity index (χ0) is 39.9. The van der Waals surface area contributed by atoms with Gasteiger partial charge in [-0.05, 0) is 68.3 Å². The number of sulfonamides is 2. The first kappa shape index (κ1) is 43.6. The number of aromatic carboxylic acids is 1. The van der Waals surface area contributed by atoms with Gasteiger partial charge in [0.15, 0.2) is 0 Å². The van der Waals surface area contributed by atoms with Gasteiger partial charge in [-0.1, -0.05) is 128 Å². The first-order valence-corrected chi connectivity index (χ1v) is 22.8. The van der Waals surface area contributed by atoms with E-state index in [9.17, 15) is 26.7 Å². The van der Waals surface area contributed by atoms with Crippen LogP contribution < -0.4 is 19.2 Å². The molecule has 302 valence electrons. The van der Waals surface area contributed by atoms with Gasteiger partial charge in [-0.2, -0.15) is 18.4 Å². The molecule has 0 radical (unpaired) electrons. The molecule has 0 aromatic heterocycles. The third-order valence-corrected chi connectivity index (χ3v) is 12.8. The third kappa shape index (κ3) is 12.4. The van der Waals surface area contributed by atoms with Crippen LogP contribution >= 0.6 is 0 Å². The van der Waals surface area contributed by atoms with Crippen molar-refractivity contribution in [3.63, 3.8) is 0 Å². The number of ether oxygens (including phenoxy) is 1. The first-order chi connectivity index (χ1) is 26.3. The Bertz CT molecular complexity index is 1960. The number of carboxylic acid groups (broad SMARTS) is 1. The van der Waals surface area contributed by atoms with Crippen LogP contribution in [0.3, 0.4) is 0 Å². The molecule has 3 N–H and O–H groups in total. The summed E-state index contributed by atoms with van der Waals surface area (Å²) in [5, 5.41) is 14.1. The predicted octanol–water partition coefficient (Wildman–Crippen LogP) is 9.85. The van der Waals surface area contributed by atoms with E-state index >= 15 is 0 Å². The van der Waals surface area contributed by atoms with Crippen LogP contribution in [-0.2, 0) is 25.5 Å². The maximum absolute atomic E-state index is 13.4. The average Bonchev–Trinajstić information content (AvgIpc) is 3.35. The monoisotopic (exact) mass is 796 g/mol. The standard InChI is InChI=1S/C42H60N4O7S2/c1-5-6-7-8-9-10-11-12-13-14-15-16-17-18-19-22-30-53-39-29-28-35(32-36(39)40(47)48)54(49,50)44-33-24-23-25-34(31-33)55(51,52)45-43-41-42(2,3)37-26-20-21-27-38(37)46(41)4/h20-21,23-29,31-32,44-45H,5-19,22,30H2,1-4H3,(H,47,48)/b43-41-. The van der Waals surface area contributed by atoms with Gasteiger partial charge in [0.2, 0.25) is 0 Å². The van der Waals surface area contributed by atoms with E-state index < -0.39 is 31.4 Å². The SMILES string of the molecule is CCCCCCCCCCCCCCCCCCOc1ccc(S(=O)(=O)Nc2cccc(S(=O)(=O)N/N=C3\N(C)c4ccccc4C3(C)C)c2)cc1C(=O)O. The van der Waals surface area contributed by atoms with Crippen molar-refractivity contribution in [3.05, 3.63) is 77.9 Å². The maximum Gasteiger partial charge on any atom is 0.339 e. The number of amidine groups is 1. The number of benzene rings is 3. The van der Waals surface area contributed by atoms with Gasteiger partial charge in [-0.25, -0.2) is 13.2 Å². The summed E-state index contributed by atoms with van der Waals surface area (Å²) < 4.78 is 61.4. The Kier molecular flexibility index (Phi) is 16.4. The van der Waals surface area contributed by atoms with Crippen LogP contribution in [0.5, 0.6) is 5.75 Å². The summed E-state index contributed by atoms with van der Waals surface area (Å²) in [6, 6.07) is 16.7. The van der Waals surface area contributed by atoms with E-state index in [-0.39, 0.29) is 26.8 Å². The number of unbranched alkanes of at least 4 members (excludes halogenated alkanes) is 15. The number of anilines is 2. The van der Waals surface area contributed by atoms with Gasteiger partial charge in [0.05, 0.1) is 27.5 Å². The Morgan fingerprint density at radius 2 is 1.29 bits per heavy atom. The van der Waals surface area contributed by atoms with E-state index in [4.69, 9.17) is 4.74 Å². The van der Waals surface area contributed by atoms with E-state index in [1.165, 1.54) is 120 Å². The van der Waals surface area contributed by atoms with Crippen molar-refractivity contribution in [2.75, 3.05) is 23.3 Å². The lowest BCUT2D eigenvalue weighted by Gasteiger charge is -2.22. The van der Waals surface area contributed by atoms with Gasteiger partial charge in [0, 0.05) is 12.7 Å². The molecular weight excluding hydrogens is 737 g/mol. The van der Waals surface area contributed by atoms with Crippen LogP contribution in [-0.4, -0.2) is 47.4 Å². The highest BCUT2D eigenvalue weighted by Gasteiger charge is 2.40. The molecule has 1 heterocycles. The smallest absolute Gasteiger partial charge is 0.339 e.